The van der Waals surface area contributed by atoms with Crippen molar-refractivity contribution < 1.29 is 4.79 Å². The number of nitrogens with zero attached hydrogens (tertiary/aromatic N) is 4. The smallest absolute Gasteiger partial charge is 0.262 e. The van der Waals surface area contributed by atoms with Crippen molar-refractivity contribution in [1.82, 2.24) is 19.3 Å². The van der Waals surface area contributed by atoms with Crippen LogP contribution in [0.2, 0.25) is 0 Å². The zero-order chi connectivity index (χ0) is 15.1. The lowest BCUT2D eigenvalue weighted by Gasteiger charge is -2.07. The van der Waals surface area contributed by atoms with Gasteiger partial charge >= 0.3 is 0 Å². The molecular weight excluding hydrogens is 298 g/mol. The normalized spacial score (nSPS) is 14.2. The molecule has 0 spiro atoms. The Bertz CT molecular complexity index is 813. The van der Waals surface area contributed by atoms with Crippen LogP contribution in [0.4, 0.5) is 5.13 Å². The number of carbonyl (C=O) groups excluding carboxylic acids is 1. The minimum absolute atomic E-state index is 0.187. The molecule has 0 atom stereocenters. The first-order chi connectivity index (χ1) is 10.7. The molecule has 3 heterocycles. The van der Waals surface area contributed by atoms with E-state index in [4.69, 9.17) is 0 Å². The fraction of sp³-hybridized carbons (Fsp3) is 0.267. The highest BCUT2D eigenvalue weighted by atomic mass is 32.1. The number of thiazole rings is 1. The van der Waals surface area contributed by atoms with Gasteiger partial charge in [-0.05, 0) is 25.0 Å². The van der Waals surface area contributed by atoms with E-state index in [9.17, 15) is 4.79 Å². The highest BCUT2D eigenvalue weighted by molar-refractivity contribution is 7.14. The first-order valence-electron chi connectivity index (χ1n) is 7.14. The van der Waals surface area contributed by atoms with Gasteiger partial charge in [0.1, 0.15) is 11.4 Å². The van der Waals surface area contributed by atoms with Gasteiger partial charge in [0.2, 0.25) is 0 Å². The maximum absolute atomic E-state index is 12.5. The van der Waals surface area contributed by atoms with Gasteiger partial charge in [0.25, 0.3) is 5.91 Å². The van der Waals surface area contributed by atoms with E-state index in [0.717, 1.165) is 11.5 Å². The molecule has 1 aliphatic carbocycles. The largest absolute Gasteiger partial charge is 0.308 e. The van der Waals surface area contributed by atoms with Crippen molar-refractivity contribution in [1.29, 1.82) is 0 Å². The highest BCUT2D eigenvalue weighted by Gasteiger charge is 2.26. The van der Waals surface area contributed by atoms with E-state index in [1.165, 1.54) is 24.2 Å². The summed E-state index contributed by atoms with van der Waals surface area (Å²) >= 11 is 1.47. The van der Waals surface area contributed by atoms with Gasteiger partial charge in [-0.2, -0.15) is 5.10 Å². The Balaban J connectivity index is 1.60. The third-order valence-corrected chi connectivity index (χ3v) is 4.52. The van der Waals surface area contributed by atoms with Gasteiger partial charge in [0, 0.05) is 30.7 Å². The summed E-state index contributed by atoms with van der Waals surface area (Å²) < 4.78 is 3.56. The Morgan fingerprint density at radius 3 is 2.86 bits per heavy atom. The number of aromatic nitrogens is 4. The number of amides is 1. The van der Waals surface area contributed by atoms with Crippen LogP contribution in [0.3, 0.4) is 0 Å². The number of nitrogens with one attached hydrogen (secondary N) is 1. The predicted octanol–water partition coefficient (Wildman–Crippen LogP) is 2.80. The van der Waals surface area contributed by atoms with Crippen LogP contribution >= 0.6 is 11.3 Å². The number of hydrogen-bond acceptors (Lipinski definition) is 4. The molecule has 0 aromatic carbocycles. The summed E-state index contributed by atoms with van der Waals surface area (Å²) in [5, 5.41) is 9.75. The molecule has 3 aromatic rings. The van der Waals surface area contributed by atoms with Gasteiger partial charge in [-0.3, -0.25) is 14.8 Å². The summed E-state index contributed by atoms with van der Waals surface area (Å²) in [4.78, 5) is 17.0. The van der Waals surface area contributed by atoms with Crippen molar-refractivity contribution in [2.45, 2.75) is 18.8 Å². The standard InChI is InChI=1S/C15H15N5OS/c1-19-14(20-6-2-3-7-20)11(8-16-19)13(21)18-15-17-12(9-22-15)10-4-5-10/h2-3,6-10H,4-5H2,1H3,(H,17,18,21). The second kappa shape index (κ2) is 5.10. The summed E-state index contributed by atoms with van der Waals surface area (Å²) in [6.07, 6.45) is 7.78. The molecule has 1 amide bonds. The van der Waals surface area contributed by atoms with Crippen LogP contribution in [0.25, 0.3) is 5.82 Å². The fourth-order valence-electron chi connectivity index (χ4n) is 2.45. The van der Waals surface area contributed by atoms with E-state index >= 15 is 0 Å². The van der Waals surface area contributed by atoms with Gasteiger partial charge in [-0.15, -0.1) is 11.3 Å². The SMILES string of the molecule is Cn1ncc(C(=O)Nc2nc(C3CC3)cs2)c1-n1cccc1. The number of aryl methyl sites for hydroxylation is 1. The quantitative estimate of drug-likeness (QED) is 0.805. The molecule has 0 saturated heterocycles. The Kier molecular flexibility index (Phi) is 3.07. The average molecular weight is 313 g/mol. The molecule has 3 aromatic heterocycles. The van der Waals surface area contributed by atoms with Gasteiger partial charge < -0.3 is 4.57 Å². The molecule has 6 nitrogen and oxygen atoms in total. The molecule has 1 aliphatic rings. The van der Waals surface area contributed by atoms with E-state index in [1.807, 2.05) is 41.5 Å². The van der Waals surface area contributed by atoms with Crippen LogP contribution in [0.15, 0.2) is 36.1 Å². The van der Waals surface area contributed by atoms with Crippen molar-refractivity contribution in [2.24, 2.45) is 7.05 Å². The molecule has 1 saturated carbocycles. The molecule has 112 valence electrons. The summed E-state index contributed by atoms with van der Waals surface area (Å²) in [5.41, 5.74) is 1.62. The van der Waals surface area contributed by atoms with Crippen molar-refractivity contribution in [3.05, 3.63) is 47.4 Å². The minimum Gasteiger partial charge on any atom is -0.308 e. The third-order valence-electron chi connectivity index (χ3n) is 3.74. The lowest BCUT2D eigenvalue weighted by atomic mass is 10.3. The van der Waals surface area contributed by atoms with Gasteiger partial charge in [-0.1, -0.05) is 0 Å². The van der Waals surface area contributed by atoms with Crippen LogP contribution in [0.1, 0.15) is 34.8 Å². The molecule has 1 fully saturated rings. The average Bonchev–Trinajstić information content (AvgIpc) is 2.92. The maximum Gasteiger partial charge on any atom is 0.262 e. The Morgan fingerprint density at radius 1 is 1.36 bits per heavy atom. The van der Waals surface area contributed by atoms with Crippen molar-refractivity contribution in [3.63, 3.8) is 0 Å². The predicted molar refractivity (Wildman–Crippen MR) is 84.6 cm³/mol. The molecule has 0 aliphatic heterocycles. The van der Waals surface area contributed by atoms with Gasteiger partial charge in [0.15, 0.2) is 5.13 Å². The van der Waals surface area contributed by atoms with Crippen LogP contribution in [-0.2, 0) is 7.05 Å². The Morgan fingerprint density at radius 2 is 2.14 bits per heavy atom. The number of anilines is 1. The van der Waals surface area contributed by atoms with Crippen LogP contribution in [0.5, 0.6) is 0 Å². The number of carbonyl (C=O) groups is 1. The van der Waals surface area contributed by atoms with E-state index in [2.05, 4.69) is 15.4 Å². The highest BCUT2D eigenvalue weighted by Crippen LogP contribution is 2.40. The molecule has 4 rings (SSSR count). The van der Waals surface area contributed by atoms with E-state index in [0.29, 0.717) is 16.6 Å². The fourth-order valence-corrected chi connectivity index (χ4v) is 3.24. The van der Waals surface area contributed by atoms with E-state index in [-0.39, 0.29) is 5.91 Å². The summed E-state index contributed by atoms with van der Waals surface area (Å²) in [7, 11) is 1.82. The first kappa shape index (κ1) is 13.3. The number of rotatable bonds is 4. The molecule has 1 N–H and O–H groups in total. The van der Waals surface area contributed by atoms with E-state index < -0.39 is 0 Å². The van der Waals surface area contributed by atoms with Gasteiger partial charge in [-0.25, -0.2) is 4.98 Å². The third kappa shape index (κ3) is 2.33. The van der Waals surface area contributed by atoms with Crippen LogP contribution in [0, 0.1) is 0 Å². The summed E-state index contributed by atoms with van der Waals surface area (Å²) in [6.45, 7) is 0. The summed E-state index contributed by atoms with van der Waals surface area (Å²) in [6, 6.07) is 3.83. The topological polar surface area (TPSA) is 64.7 Å². The van der Waals surface area contributed by atoms with Crippen molar-refractivity contribution in [3.8, 4) is 5.82 Å². The van der Waals surface area contributed by atoms with Crippen LogP contribution < -0.4 is 5.32 Å². The van der Waals surface area contributed by atoms with Crippen molar-refractivity contribution in [2.75, 3.05) is 5.32 Å². The van der Waals surface area contributed by atoms with Crippen molar-refractivity contribution >= 4 is 22.4 Å². The zero-order valence-electron chi connectivity index (χ0n) is 12.1. The molecule has 22 heavy (non-hydrogen) atoms. The second-order valence-electron chi connectivity index (χ2n) is 5.40. The van der Waals surface area contributed by atoms with E-state index in [1.54, 1.807) is 10.9 Å². The first-order valence-corrected chi connectivity index (χ1v) is 8.02. The Hall–Kier alpha value is -2.41. The van der Waals surface area contributed by atoms with Gasteiger partial charge in [0.05, 0.1) is 11.9 Å². The molecule has 0 radical (unpaired) electrons. The number of hydrogen-bond donors (Lipinski definition) is 1. The molecular formula is C15H15N5OS. The second-order valence-corrected chi connectivity index (χ2v) is 6.26. The molecule has 7 heteroatoms. The minimum atomic E-state index is -0.187. The molecule has 0 bridgehead atoms. The molecule has 0 unspecified atom stereocenters. The Labute approximate surface area is 131 Å². The summed E-state index contributed by atoms with van der Waals surface area (Å²) in [5.74, 6) is 1.14. The zero-order valence-corrected chi connectivity index (χ0v) is 12.9. The monoisotopic (exact) mass is 313 g/mol. The maximum atomic E-state index is 12.5. The lowest BCUT2D eigenvalue weighted by Crippen LogP contribution is -2.14. The van der Waals surface area contributed by atoms with Crippen LogP contribution in [-0.4, -0.2) is 25.2 Å². The lowest BCUT2D eigenvalue weighted by molar-refractivity contribution is 0.102.